The summed E-state index contributed by atoms with van der Waals surface area (Å²) in [6.07, 6.45) is 0.974. The lowest BCUT2D eigenvalue weighted by atomic mass is 9.98. The number of halogens is 1. The van der Waals surface area contributed by atoms with Gasteiger partial charge in [-0.15, -0.1) is 11.3 Å². The molecule has 0 radical (unpaired) electrons. The van der Waals surface area contributed by atoms with Gasteiger partial charge in [-0.25, -0.2) is 13.1 Å². The topological polar surface area (TPSA) is 49.4 Å². The molecule has 3 aromatic rings. The molecule has 1 aliphatic rings. The van der Waals surface area contributed by atoms with E-state index in [1.165, 1.54) is 23.3 Å². The third-order valence-electron chi connectivity index (χ3n) is 5.06. The number of hydrogen-bond acceptors (Lipinski definition) is 4. The van der Waals surface area contributed by atoms with Crippen LogP contribution in [0.4, 0.5) is 0 Å². The van der Waals surface area contributed by atoms with Crippen molar-refractivity contribution in [2.75, 3.05) is 13.1 Å². The lowest BCUT2D eigenvalue weighted by Crippen LogP contribution is -2.40. The van der Waals surface area contributed by atoms with E-state index in [1.807, 2.05) is 11.4 Å². The Morgan fingerprint density at radius 1 is 1.04 bits per heavy atom. The molecule has 2 aromatic carbocycles. The van der Waals surface area contributed by atoms with Gasteiger partial charge in [0.1, 0.15) is 0 Å². The van der Waals surface area contributed by atoms with Gasteiger partial charge in [-0.2, -0.15) is 0 Å². The van der Waals surface area contributed by atoms with Crippen molar-refractivity contribution in [3.8, 4) is 0 Å². The summed E-state index contributed by atoms with van der Waals surface area (Å²) in [5.41, 5.74) is 2.70. The number of thiophene rings is 1. The van der Waals surface area contributed by atoms with E-state index in [2.05, 4.69) is 40.0 Å². The fourth-order valence-electron chi connectivity index (χ4n) is 3.56. The second-order valence-electron chi connectivity index (χ2n) is 6.83. The first kappa shape index (κ1) is 19.6. The van der Waals surface area contributed by atoms with Crippen molar-refractivity contribution in [1.29, 1.82) is 0 Å². The van der Waals surface area contributed by atoms with Crippen molar-refractivity contribution in [2.24, 2.45) is 0 Å². The van der Waals surface area contributed by atoms with Gasteiger partial charge in [0.05, 0.1) is 10.9 Å². The van der Waals surface area contributed by atoms with E-state index >= 15 is 0 Å². The van der Waals surface area contributed by atoms with E-state index in [0.29, 0.717) is 11.6 Å². The van der Waals surface area contributed by atoms with Gasteiger partial charge in [-0.3, -0.25) is 4.90 Å². The van der Waals surface area contributed by atoms with Crippen LogP contribution in [0.2, 0.25) is 5.02 Å². The molecule has 1 atom stereocenters. The molecule has 4 nitrogen and oxygen atoms in total. The van der Waals surface area contributed by atoms with Gasteiger partial charge in [0, 0.05) is 29.5 Å². The molecular weight excluding hydrogens is 412 g/mol. The molecule has 28 heavy (non-hydrogen) atoms. The normalized spacial score (nSPS) is 15.9. The number of hydrogen-bond donors (Lipinski definition) is 1. The van der Waals surface area contributed by atoms with Crippen LogP contribution in [-0.2, 0) is 23.0 Å². The molecule has 0 unspecified atom stereocenters. The second kappa shape index (κ2) is 8.35. The van der Waals surface area contributed by atoms with Crippen molar-refractivity contribution in [2.45, 2.75) is 23.9 Å². The van der Waals surface area contributed by atoms with Crippen LogP contribution in [0.5, 0.6) is 0 Å². The highest BCUT2D eigenvalue weighted by molar-refractivity contribution is 7.89. The number of nitrogens with one attached hydrogen (secondary N) is 1. The summed E-state index contributed by atoms with van der Waals surface area (Å²) in [5.74, 6) is 0. The van der Waals surface area contributed by atoms with E-state index < -0.39 is 10.0 Å². The molecule has 0 aliphatic carbocycles. The van der Waals surface area contributed by atoms with E-state index in [-0.39, 0.29) is 10.9 Å². The minimum Gasteiger partial charge on any atom is -0.290 e. The maximum Gasteiger partial charge on any atom is 0.240 e. The molecule has 4 rings (SSSR count). The fraction of sp³-hybridized carbons (Fsp3) is 0.238. The van der Waals surface area contributed by atoms with Crippen LogP contribution in [0.15, 0.2) is 70.9 Å². The Bertz CT molecular complexity index is 1030. The maximum absolute atomic E-state index is 12.7. The van der Waals surface area contributed by atoms with Crippen LogP contribution in [0.1, 0.15) is 22.0 Å². The highest BCUT2D eigenvalue weighted by Crippen LogP contribution is 2.30. The number of rotatable bonds is 6. The van der Waals surface area contributed by atoms with Crippen molar-refractivity contribution in [1.82, 2.24) is 9.62 Å². The standard InChI is InChI=1S/C21H21ClN2O2S2/c22-18-7-9-19(10-8-18)28(25,26)23-14-20(21-6-3-13-27-21)24-12-11-16-4-1-2-5-17(16)15-24/h1-10,13,20,23H,11-12,14-15H2/t20-/m0/s1. The van der Waals surface area contributed by atoms with Crippen molar-refractivity contribution in [3.63, 3.8) is 0 Å². The van der Waals surface area contributed by atoms with Gasteiger partial charge in [0.25, 0.3) is 0 Å². The Morgan fingerprint density at radius 3 is 2.50 bits per heavy atom. The van der Waals surface area contributed by atoms with E-state index in [1.54, 1.807) is 23.5 Å². The number of sulfonamides is 1. The van der Waals surface area contributed by atoms with Crippen molar-refractivity contribution in [3.05, 3.63) is 87.1 Å². The maximum atomic E-state index is 12.7. The summed E-state index contributed by atoms with van der Waals surface area (Å²) in [4.78, 5) is 3.75. The van der Waals surface area contributed by atoms with Crippen LogP contribution >= 0.6 is 22.9 Å². The van der Waals surface area contributed by atoms with Crippen LogP contribution in [-0.4, -0.2) is 26.4 Å². The zero-order valence-corrected chi connectivity index (χ0v) is 17.6. The Morgan fingerprint density at radius 2 is 1.79 bits per heavy atom. The minimum atomic E-state index is -3.59. The zero-order chi connectivity index (χ0) is 19.6. The molecule has 0 amide bonds. The van der Waals surface area contributed by atoms with Gasteiger partial charge in [-0.05, 0) is 53.3 Å². The highest BCUT2D eigenvalue weighted by atomic mass is 35.5. The minimum absolute atomic E-state index is 0.00423. The van der Waals surface area contributed by atoms with Crippen molar-refractivity contribution < 1.29 is 8.42 Å². The first-order valence-electron chi connectivity index (χ1n) is 9.12. The van der Waals surface area contributed by atoms with Crippen LogP contribution in [0.25, 0.3) is 0 Å². The fourth-order valence-corrected chi connectivity index (χ4v) is 5.59. The lowest BCUT2D eigenvalue weighted by molar-refractivity contribution is 0.183. The SMILES string of the molecule is O=S(=O)(NC[C@@H](c1cccs1)N1CCc2ccccc2C1)c1ccc(Cl)cc1. The molecule has 146 valence electrons. The van der Waals surface area contributed by atoms with Crippen LogP contribution < -0.4 is 4.72 Å². The average molecular weight is 433 g/mol. The van der Waals surface area contributed by atoms with E-state index in [0.717, 1.165) is 24.4 Å². The Labute approximate surface area is 174 Å². The molecule has 1 N–H and O–H groups in total. The molecule has 0 fully saturated rings. The predicted octanol–water partition coefficient (Wildman–Crippen LogP) is 4.48. The predicted molar refractivity (Wildman–Crippen MR) is 114 cm³/mol. The van der Waals surface area contributed by atoms with Gasteiger partial charge < -0.3 is 0 Å². The van der Waals surface area contributed by atoms with Gasteiger partial charge >= 0.3 is 0 Å². The smallest absolute Gasteiger partial charge is 0.240 e. The van der Waals surface area contributed by atoms with E-state index in [4.69, 9.17) is 11.6 Å². The van der Waals surface area contributed by atoms with Crippen LogP contribution in [0, 0.1) is 0 Å². The Hall–Kier alpha value is -1.70. The molecule has 2 heterocycles. The lowest BCUT2D eigenvalue weighted by Gasteiger charge is -2.35. The zero-order valence-electron chi connectivity index (χ0n) is 15.2. The largest absolute Gasteiger partial charge is 0.290 e. The summed E-state index contributed by atoms with van der Waals surface area (Å²) in [5, 5.41) is 2.55. The molecule has 7 heteroatoms. The second-order valence-corrected chi connectivity index (χ2v) is 10.0. The molecule has 1 aromatic heterocycles. The molecular formula is C21H21ClN2O2S2. The molecule has 0 spiro atoms. The van der Waals surface area contributed by atoms with Gasteiger partial charge in [-0.1, -0.05) is 41.9 Å². The third kappa shape index (κ3) is 4.31. The summed E-state index contributed by atoms with van der Waals surface area (Å²) < 4.78 is 28.3. The molecule has 0 bridgehead atoms. The first-order chi connectivity index (χ1) is 13.5. The summed E-state index contributed by atoms with van der Waals surface area (Å²) in [6, 6.07) is 18.8. The number of nitrogens with zero attached hydrogens (tertiary/aromatic N) is 1. The van der Waals surface area contributed by atoms with Crippen molar-refractivity contribution >= 4 is 33.0 Å². The Kier molecular flexibility index (Phi) is 5.85. The number of fused-ring (bicyclic) bond motifs is 1. The quantitative estimate of drug-likeness (QED) is 0.624. The monoisotopic (exact) mass is 432 g/mol. The summed E-state index contributed by atoms with van der Waals surface area (Å²) in [7, 11) is -3.59. The summed E-state index contributed by atoms with van der Waals surface area (Å²) >= 11 is 7.54. The van der Waals surface area contributed by atoms with Crippen LogP contribution in [0.3, 0.4) is 0 Å². The summed E-state index contributed by atoms with van der Waals surface area (Å²) in [6.45, 7) is 2.05. The number of benzene rings is 2. The average Bonchev–Trinajstić information content (AvgIpc) is 3.23. The van der Waals surface area contributed by atoms with Gasteiger partial charge in [0.2, 0.25) is 10.0 Å². The highest BCUT2D eigenvalue weighted by Gasteiger charge is 2.27. The third-order valence-corrected chi connectivity index (χ3v) is 7.73. The Balaban J connectivity index is 1.54. The molecule has 0 saturated heterocycles. The molecule has 1 aliphatic heterocycles. The van der Waals surface area contributed by atoms with E-state index in [9.17, 15) is 8.42 Å². The first-order valence-corrected chi connectivity index (χ1v) is 11.9. The van der Waals surface area contributed by atoms with Gasteiger partial charge in [0.15, 0.2) is 0 Å². The molecule has 0 saturated carbocycles.